The van der Waals surface area contributed by atoms with Crippen molar-refractivity contribution in [3.05, 3.63) is 18.3 Å². The molecule has 3 N–H and O–H groups in total. The Hall–Kier alpha value is -1.11. The van der Waals surface area contributed by atoms with Gasteiger partial charge >= 0.3 is 0 Å². The molecule has 1 aromatic heterocycles. The number of aromatic nitrogens is 2. The van der Waals surface area contributed by atoms with Crippen molar-refractivity contribution in [3.63, 3.8) is 0 Å². The number of likely N-dealkylation sites (tertiary alicyclic amines) is 1. The minimum absolute atomic E-state index is 0. The summed E-state index contributed by atoms with van der Waals surface area (Å²) in [6.45, 7) is 1.55. The number of nitrogens with zero attached hydrogens (tertiary/aromatic N) is 3. The number of carbonyl (C=O) groups is 1. The highest BCUT2D eigenvalue weighted by atomic mass is 35.5. The van der Waals surface area contributed by atoms with Gasteiger partial charge in [-0.2, -0.15) is 5.10 Å². The van der Waals surface area contributed by atoms with Crippen molar-refractivity contribution in [1.29, 1.82) is 0 Å². The molecule has 3 rings (SSSR count). The highest BCUT2D eigenvalue weighted by Crippen LogP contribution is 2.30. The first kappa shape index (κ1) is 19.9. The molecule has 0 aromatic carbocycles. The predicted molar refractivity (Wildman–Crippen MR) is 95.1 cm³/mol. The monoisotopic (exact) mass is 361 g/mol. The van der Waals surface area contributed by atoms with Gasteiger partial charge in [-0.1, -0.05) is 12.8 Å². The summed E-state index contributed by atoms with van der Waals surface area (Å²) < 4.78 is 0. The Bertz CT molecular complexity index is 488. The summed E-state index contributed by atoms with van der Waals surface area (Å²) in [4.78, 5) is 14.5. The molecule has 8 heteroatoms. The van der Waals surface area contributed by atoms with Gasteiger partial charge in [0.1, 0.15) is 5.82 Å². The molecular weight excluding hydrogens is 337 g/mol. The van der Waals surface area contributed by atoms with Gasteiger partial charge < -0.3 is 16.0 Å². The summed E-state index contributed by atoms with van der Waals surface area (Å²) >= 11 is 0. The van der Waals surface area contributed by atoms with Crippen molar-refractivity contribution in [1.82, 2.24) is 15.1 Å². The number of piperidine rings is 1. The molecule has 23 heavy (non-hydrogen) atoms. The van der Waals surface area contributed by atoms with E-state index in [1.54, 1.807) is 6.20 Å². The van der Waals surface area contributed by atoms with Gasteiger partial charge in [0.25, 0.3) is 0 Å². The van der Waals surface area contributed by atoms with Crippen LogP contribution in [-0.4, -0.2) is 45.7 Å². The zero-order valence-electron chi connectivity index (χ0n) is 13.1. The Morgan fingerprint density at radius 2 is 1.91 bits per heavy atom. The lowest BCUT2D eigenvalue weighted by molar-refractivity contribution is -0.137. The summed E-state index contributed by atoms with van der Waals surface area (Å²) in [5.74, 6) is 0.950. The van der Waals surface area contributed by atoms with Crippen LogP contribution in [0.25, 0.3) is 0 Å². The van der Waals surface area contributed by atoms with Crippen LogP contribution in [0.5, 0.6) is 0 Å². The minimum atomic E-state index is -0.592. The van der Waals surface area contributed by atoms with E-state index in [4.69, 9.17) is 5.73 Å². The standard InChI is InChI=1S/C15H23N5O.2ClH/c16-15(7-1-2-8-15)14(21)20-10-5-12(6-11-20)18-13-4-3-9-17-19-13;;/h3-4,9,12H,1-2,5-8,10-11,16H2,(H,18,19);2*1H. The van der Waals surface area contributed by atoms with E-state index >= 15 is 0 Å². The maximum absolute atomic E-state index is 12.5. The molecule has 1 aliphatic carbocycles. The van der Waals surface area contributed by atoms with Crippen molar-refractivity contribution < 1.29 is 4.79 Å². The number of nitrogens with one attached hydrogen (secondary N) is 1. The molecule has 0 atom stereocenters. The lowest BCUT2D eigenvalue weighted by atomic mass is 9.95. The quantitative estimate of drug-likeness (QED) is 0.859. The second-order valence-electron chi connectivity index (χ2n) is 6.18. The molecule has 1 aliphatic heterocycles. The molecular formula is C15H25Cl2N5O. The summed E-state index contributed by atoms with van der Waals surface area (Å²) in [5, 5.41) is 11.3. The van der Waals surface area contributed by atoms with Gasteiger partial charge in [0.2, 0.25) is 5.91 Å². The molecule has 0 radical (unpaired) electrons. The molecule has 2 fully saturated rings. The van der Waals surface area contributed by atoms with Gasteiger partial charge in [-0.05, 0) is 37.8 Å². The largest absolute Gasteiger partial charge is 0.366 e. The molecule has 2 aliphatic rings. The highest BCUT2D eigenvalue weighted by molar-refractivity contribution is 5.86. The van der Waals surface area contributed by atoms with Gasteiger partial charge in [0, 0.05) is 25.3 Å². The van der Waals surface area contributed by atoms with E-state index in [2.05, 4.69) is 15.5 Å². The highest BCUT2D eigenvalue weighted by Gasteiger charge is 2.40. The van der Waals surface area contributed by atoms with Crippen LogP contribution in [0.15, 0.2) is 18.3 Å². The van der Waals surface area contributed by atoms with Crippen LogP contribution < -0.4 is 11.1 Å². The molecule has 130 valence electrons. The lowest BCUT2D eigenvalue weighted by Crippen LogP contribution is -2.56. The number of anilines is 1. The molecule has 0 unspecified atom stereocenters. The second-order valence-corrected chi connectivity index (χ2v) is 6.18. The average Bonchev–Trinajstić information content (AvgIpc) is 2.96. The van der Waals surface area contributed by atoms with Crippen molar-refractivity contribution in [3.8, 4) is 0 Å². The summed E-state index contributed by atoms with van der Waals surface area (Å²) in [5.41, 5.74) is 5.67. The van der Waals surface area contributed by atoms with Crippen molar-refractivity contribution in [2.24, 2.45) is 5.73 Å². The fraction of sp³-hybridized carbons (Fsp3) is 0.667. The molecule has 1 saturated carbocycles. The SMILES string of the molecule is Cl.Cl.NC1(C(=O)N2CCC(Nc3cccnn3)CC2)CCCC1. The Morgan fingerprint density at radius 3 is 2.48 bits per heavy atom. The third-order valence-corrected chi connectivity index (χ3v) is 4.63. The maximum atomic E-state index is 12.5. The van der Waals surface area contributed by atoms with E-state index < -0.39 is 5.54 Å². The number of halogens is 2. The first-order valence-electron chi connectivity index (χ1n) is 7.80. The van der Waals surface area contributed by atoms with Gasteiger partial charge in [-0.3, -0.25) is 4.79 Å². The first-order valence-corrected chi connectivity index (χ1v) is 7.80. The number of hydrogen-bond acceptors (Lipinski definition) is 5. The Morgan fingerprint density at radius 1 is 1.26 bits per heavy atom. The number of rotatable bonds is 3. The first-order chi connectivity index (χ1) is 10.2. The zero-order valence-corrected chi connectivity index (χ0v) is 14.7. The zero-order chi connectivity index (χ0) is 14.7. The Kier molecular flexibility index (Phi) is 7.51. The van der Waals surface area contributed by atoms with Crippen LogP contribution in [0.1, 0.15) is 38.5 Å². The summed E-state index contributed by atoms with van der Waals surface area (Å²) in [6, 6.07) is 4.13. The molecule has 1 aromatic rings. The van der Waals surface area contributed by atoms with Crippen LogP contribution >= 0.6 is 24.8 Å². The number of hydrogen-bond donors (Lipinski definition) is 2. The lowest BCUT2D eigenvalue weighted by Gasteiger charge is -2.37. The van der Waals surface area contributed by atoms with Crippen LogP contribution in [0.2, 0.25) is 0 Å². The third-order valence-electron chi connectivity index (χ3n) is 4.63. The van der Waals surface area contributed by atoms with Crippen LogP contribution in [0, 0.1) is 0 Å². The smallest absolute Gasteiger partial charge is 0.242 e. The summed E-state index contributed by atoms with van der Waals surface area (Å²) in [6.07, 6.45) is 7.35. The molecule has 2 heterocycles. The fourth-order valence-corrected chi connectivity index (χ4v) is 3.35. The normalized spacial score (nSPS) is 20.3. The van der Waals surface area contributed by atoms with E-state index in [0.717, 1.165) is 57.4 Å². The Labute approximate surface area is 149 Å². The minimum Gasteiger partial charge on any atom is -0.366 e. The van der Waals surface area contributed by atoms with Crippen molar-refractivity contribution in [2.75, 3.05) is 18.4 Å². The van der Waals surface area contributed by atoms with Gasteiger partial charge in [-0.15, -0.1) is 29.9 Å². The molecule has 0 spiro atoms. The van der Waals surface area contributed by atoms with Crippen LogP contribution in [0.3, 0.4) is 0 Å². The number of nitrogens with two attached hydrogens (primary N) is 1. The van der Waals surface area contributed by atoms with Gasteiger partial charge in [0.15, 0.2) is 0 Å². The second kappa shape index (κ2) is 8.66. The van der Waals surface area contributed by atoms with Crippen LogP contribution in [0.4, 0.5) is 5.82 Å². The topological polar surface area (TPSA) is 84.1 Å². The molecule has 1 saturated heterocycles. The molecule has 6 nitrogen and oxygen atoms in total. The van der Waals surface area contributed by atoms with Crippen molar-refractivity contribution in [2.45, 2.75) is 50.1 Å². The molecule has 0 bridgehead atoms. The van der Waals surface area contributed by atoms with Crippen LogP contribution in [-0.2, 0) is 4.79 Å². The number of amides is 1. The number of carbonyl (C=O) groups excluding carboxylic acids is 1. The van der Waals surface area contributed by atoms with Gasteiger partial charge in [0.05, 0.1) is 5.54 Å². The Balaban J connectivity index is 0.00000132. The third kappa shape index (κ3) is 4.68. The predicted octanol–water partition coefficient (Wildman–Crippen LogP) is 1.99. The van der Waals surface area contributed by atoms with E-state index in [9.17, 15) is 4.79 Å². The van der Waals surface area contributed by atoms with Crippen molar-refractivity contribution >= 4 is 36.5 Å². The van der Waals surface area contributed by atoms with E-state index in [-0.39, 0.29) is 30.7 Å². The molecule has 1 amide bonds. The van der Waals surface area contributed by atoms with E-state index in [1.807, 2.05) is 17.0 Å². The maximum Gasteiger partial charge on any atom is 0.242 e. The fourth-order valence-electron chi connectivity index (χ4n) is 3.35. The summed E-state index contributed by atoms with van der Waals surface area (Å²) in [7, 11) is 0. The van der Waals surface area contributed by atoms with E-state index in [0.29, 0.717) is 6.04 Å². The average molecular weight is 362 g/mol. The van der Waals surface area contributed by atoms with Gasteiger partial charge in [-0.25, -0.2) is 0 Å². The van der Waals surface area contributed by atoms with E-state index in [1.165, 1.54) is 0 Å².